The number of nitrogens with zero attached hydrogens (tertiary/aromatic N) is 2. The molecule has 2 heterocycles. The zero-order valence-corrected chi connectivity index (χ0v) is 72.0. The van der Waals surface area contributed by atoms with Crippen LogP contribution >= 0.6 is 11.6 Å². The van der Waals surface area contributed by atoms with E-state index in [9.17, 15) is 161 Å². The van der Waals surface area contributed by atoms with E-state index in [-0.39, 0.29) is 0 Å². The van der Waals surface area contributed by atoms with Crippen LogP contribution in [0.15, 0.2) is 170 Å². The van der Waals surface area contributed by atoms with Crippen LogP contribution in [0.5, 0.6) is 172 Å². The third kappa shape index (κ3) is 22.8. The normalized spacial score (nSPS) is 14.4. The van der Waals surface area contributed by atoms with Crippen LogP contribution in [-0.2, 0) is 28.4 Å². The SMILES string of the molecule is CN(C)CCC(c1ccc(Cl)cc1)c1ccccn1.O=C(OC[C@H]1O[C@@H](OC(=O)c2cc(O)c(O)c(OC(=O)c3cc(O)c(O)c(O)c3)c2)[C@H](OC(=O)c2cc(O)c(O)c(OC(=O)c3cc(O)c(O)c(O)c3)c2)[C@@H](OC(=O)c2cc(O)c(O)c(OC(=O)c3cc(O)c(O)c(O)c3)c2)[C@@H]1OC(=O)c1cc(O)c(O)c(OC(=O)c2cc(O)c(O)c(O)c2)c1)c1cc(O)c(O)c(OC(=O)c2cc(O)c(O)c(O)c2)c1. The van der Waals surface area contributed by atoms with Gasteiger partial charge in [0, 0.05) is 22.8 Å². The Bertz CT molecular complexity index is 6910. The number of hydrogen-bond acceptors (Lipinski definition) is 48. The first-order valence-electron chi connectivity index (χ1n) is 39.7. The van der Waals surface area contributed by atoms with Crippen molar-refractivity contribution in [2.75, 3.05) is 27.2 Å². The molecular formula is C92H71ClN2O46. The van der Waals surface area contributed by atoms with Crippen LogP contribution in [0, 0.1) is 0 Å². The Balaban J connectivity index is 0.000000831. The van der Waals surface area contributed by atoms with E-state index < -0.39 is 325 Å². The molecule has 1 unspecified atom stereocenters. The molecule has 6 atom stereocenters. The fraction of sp³-hybridized carbons (Fsp3) is 0.120. The zero-order valence-electron chi connectivity index (χ0n) is 71.3. The number of pyridine rings is 1. The minimum Gasteiger partial charge on any atom is -0.504 e. The largest absolute Gasteiger partial charge is 0.504 e. The Morgan fingerprint density at radius 1 is 0.305 bits per heavy atom. The van der Waals surface area contributed by atoms with Gasteiger partial charge in [-0.3, -0.25) is 4.98 Å². The summed E-state index contributed by atoms with van der Waals surface area (Å²) < 4.78 is 60.4. The molecule has 49 heteroatoms. The van der Waals surface area contributed by atoms with Gasteiger partial charge in [-0.05, 0) is 178 Å². The third-order valence-electron chi connectivity index (χ3n) is 20.1. The number of benzene rings is 11. The Morgan fingerprint density at radius 2 is 0.553 bits per heavy atom. The molecule has 0 spiro atoms. The van der Waals surface area contributed by atoms with Crippen LogP contribution in [0.2, 0.25) is 5.02 Å². The molecular weight excluding hydrogens is 1900 g/mol. The fourth-order valence-corrected chi connectivity index (χ4v) is 13.1. The second-order valence-electron chi connectivity index (χ2n) is 30.1. The maximum Gasteiger partial charge on any atom is 0.343 e. The summed E-state index contributed by atoms with van der Waals surface area (Å²) in [6.07, 6.45) is -12.2. The highest BCUT2D eigenvalue weighted by Crippen LogP contribution is 2.48. The molecule has 1 aromatic heterocycles. The third-order valence-corrected chi connectivity index (χ3v) is 20.3. The second-order valence-corrected chi connectivity index (χ2v) is 30.5. The van der Waals surface area contributed by atoms with Gasteiger partial charge in [0.05, 0.1) is 55.6 Å². The maximum absolute atomic E-state index is 15.3. The number of carbonyl (C=O) groups is 10. The average Bonchev–Trinajstić information content (AvgIpc) is 0.762. The van der Waals surface area contributed by atoms with E-state index in [1.54, 1.807) is 0 Å². The van der Waals surface area contributed by atoms with Crippen molar-refractivity contribution >= 4 is 71.3 Å². The number of esters is 10. The minimum atomic E-state index is -3.12. The van der Waals surface area contributed by atoms with Crippen LogP contribution < -0.4 is 23.7 Å². The molecule has 1 fully saturated rings. The summed E-state index contributed by atoms with van der Waals surface area (Å²) in [5.41, 5.74) is -7.50. The van der Waals surface area contributed by atoms with Crippen molar-refractivity contribution < 1.29 is 228 Å². The van der Waals surface area contributed by atoms with Crippen LogP contribution in [0.25, 0.3) is 0 Å². The van der Waals surface area contributed by atoms with Gasteiger partial charge in [-0.2, -0.15) is 0 Å². The minimum absolute atomic E-state index is 0.295. The van der Waals surface area contributed by atoms with Crippen molar-refractivity contribution in [3.8, 4) is 172 Å². The maximum atomic E-state index is 15.3. The van der Waals surface area contributed by atoms with Crippen molar-refractivity contribution in [3.05, 3.63) is 242 Å². The number of hydrogen-bond donors (Lipinski definition) is 25. The number of carbonyl (C=O) groups excluding carboxylic acids is 10. The first-order chi connectivity index (χ1) is 66.5. The molecule has 141 heavy (non-hydrogen) atoms. The van der Waals surface area contributed by atoms with E-state index in [0.29, 0.717) is 127 Å². The Morgan fingerprint density at radius 3 is 0.823 bits per heavy atom. The number of halogens is 1. The zero-order chi connectivity index (χ0) is 103. The van der Waals surface area contributed by atoms with Gasteiger partial charge in [0.15, 0.2) is 156 Å². The number of phenolic OH excluding ortho intramolecular Hbond substituents is 25. The van der Waals surface area contributed by atoms with Gasteiger partial charge in [-0.15, -0.1) is 0 Å². The smallest absolute Gasteiger partial charge is 0.343 e. The number of aromatic hydroxyl groups is 25. The van der Waals surface area contributed by atoms with Crippen molar-refractivity contribution in [3.63, 3.8) is 0 Å². The lowest BCUT2D eigenvalue weighted by molar-refractivity contribution is -0.282. The summed E-state index contributed by atoms with van der Waals surface area (Å²) in [5.74, 6) is -55.6. The average molecular weight is 1980 g/mol. The van der Waals surface area contributed by atoms with Crippen LogP contribution in [-0.4, -0.2) is 255 Å². The standard InChI is InChI=1S/C76H52O46.C16H19ClN2/c77-32-1-22(2-33(78)53(32)92)67(103)113-47-16-27(11-42(87)58(47)97)66(102)112-21-52-63(119-72(108)28-12-43(88)59(98)48(17-28)114-68(104)23-3-34(79)54(93)35(80)4-23)64(120-73(109)29-13-44(89)60(99)49(18-29)115-69(105)24-5-36(81)55(94)37(82)6-24)65(121-74(110)30-14-45(90)61(100)50(19-30)116-70(106)25-7-38(83)56(95)39(84)8-25)76(118-52)122-75(111)31-15-46(91)62(101)51(20-31)117-71(107)26-9-40(85)57(96)41(86)10-26;1-19(2)12-10-15(16-5-3-4-11-18-16)13-6-8-14(17)9-7-13/h1-20,52,63-65,76-101H,21H2;3-9,11,15H,10,12H2,1-2H3/t52-,63-,64+,65-,76+;/m1./s1. The molecule has 0 radical (unpaired) electrons. The quantitative estimate of drug-likeness (QED) is 0.0104. The first-order valence-corrected chi connectivity index (χ1v) is 40.0. The van der Waals surface area contributed by atoms with Crippen LogP contribution in [0.3, 0.4) is 0 Å². The van der Waals surface area contributed by atoms with E-state index in [0.717, 1.165) is 23.7 Å². The topological polar surface area (TPSA) is 794 Å². The highest BCUT2D eigenvalue weighted by atomic mass is 35.5. The highest BCUT2D eigenvalue weighted by molar-refractivity contribution is 6.30. The van der Waals surface area contributed by atoms with Gasteiger partial charge in [0.2, 0.25) is 41.1 Å². The summed E-state index contributed by atoms with van der Waals surface area (Å²) in [7, 11) is 4.19. The first kappa shape index (κ1) is 100. The molecule has 1 saturated heterocycles. The van der Waals surface area contributed by atoms with Crippen LogP contribution in [0.1, 0.15) is 127 Å². The molecule has 0 bridgehead atoms. The molecule has 1 aliphatic rings. The Kier molecular flexibility index (Phi) is 29.6. The number of ether oxygens (including phenoxy) is 11. The van der Waals surface area contributed by atoms with E-state index in [1.165, 1.54) is 5.56 Å². The lowest BCUT2D eigenvalue weighted by Gasteiger charge is -2.43. The summed E-state index contributed by atoms with van der Waals surface area (Å²) in [6.45, 7) is -0.676. The summed E-state index contributed by atoms with van der Waals surface area (Å²) in [4.78, 5) is 149. The molecule has 48 nitrogen and oxygen atoms in total. The van der Waals surface area contributed by atoms with E-state index in [2.05, 4.69) is 42.2 Å². The van der Waals surface area contributed by atoms with Crippen molar-refractivity contribution in [1.82, 2.24) is 9.88 Å². The van der Waals surface area contributed by atoms with Gasteiger partial charge >= 0.3 is 59.7 Å². The molecule has 1 aliphatic heterocycles. The number of phenols is 25. The summed E-state index contributed by atoms with van der Waals surface area (Å²) >= 11 is 5.97. The molecule has 0 amide bonds. The predicted molar refractivity (Wildman–Crippen MR) is 464 cm³/mol. The van der Waals surface area contributed by atoms with E-state index in [4.69, 9.17) is 63.7 Å². The lowest BCUT2D eigenvalue weighted by atomic mass is 9.92. The Hall–Kier alpha value is -19.5. The summed E-state index contributed by atoms with van der Waals surface area (Å²) in [6, 6.07) is 22.7. The van der Waals surface area contributed by atoms with E-state index in [1.807, 2.05) is 30.5 Å². The number of rotatable bonds is 26. The van der Waals surface area contributed by atoms with Gasteiger partial charge in [-0.1, -0.05) is 29.8 Å². The molecule has 13 rings (SSSR count). The molecule has 0 aliphatic carbocycles. The summed E-state index contributed by atoms with van der Waals surface area (Å²) in [5, 5.41) is 262. The Labute approximate surface area is 790 Å². The second kappa shape index (κ2) is 41.5. The monoisotopic (exact) mass is 1970 g/mol. The van der Waals surface area contributed by atoms with Crippen molar-refractivity contribution in [1.29, 1.82) is 0 Å². The van der Waals surface area contributed by atoms with Gasteiger partial charge < -0.3 is 185 Å². The van der Waals surface area contributed by atoms with Gasteiger partial charge in [0.1, 0.15) is 12.7 Å². The van der Waals surface area contributed by atoms with Crippen LogP contribution in [0.4, 0.5) is 0 Å². The van der Waals surface area contributed by atoms with Gasteiger partial charge in [-0.25, -0.2) is 47.9 Å². The predicted octanol–water partition coefficient (Wildman–Crippen LogP) is 8.66. The molecule has 12 aromatic rings. The molecule has 25 N–H and O–H groups in total. The van der Waals surface area contributed by atoms with Gasteiger partial charge in [0.25, 0.3) is 0 Å². The fourth-order valence-electron chi connectivity index (χ4n) is 13.0. The lowest BCUT2D eigenvalue weighted by Crippen LogP contribution is -2.63. The van der Waals surface area contributed by atoms with Crippen molar-refractivity contribution in [2.24, 2.45) is 0 Å². The van der Waals surface area contributed by atoms with Crippen molar-refractivity contribution in [2.45, 2.75) is 43.0 Å². The highest BCUT2D eigenvalue weighted by Gasteiger charge is 2.55. The number of aromatic nitrogens is 1. The molecule has 732 valence electrons. The molecule has 0 saturated carbocycles. The van der Waals surface area contributed by atoms with E-state index >= 15 is 14.4 Å². The molecule has 11 aromatic carbocycles.